The number of nitrogens with zero attached hydrogens (tertiary/aromatic N) is 1. The third-order valence-corrected chi connectivity index (χ3v) is 5.85. The van der Waals surface area contributed by atoms with E-state index in [9.17, 15) is 13.2 Å². The molecule has 6 heteroatoms. The lowest BCUT2D eigenvalue weighted by molar-refractivity contribution is -0.124. The minimum Gasteiger partial charge on any atom is -0.353 e. The molecule has 1 aliphatic heterocycles. The first-order valence-electron chi connectivity index (χ1n) is 7.68. The van der Waals surface area contributed by atoms with Crippen LogP contribution in [-0.4, -0.2) is 37.8 Å². The van der Waals surface area contributed by atoms with Gasteiger partial charge >= 0.3 is 0 Å². The van der Waals surface area contributed by atoms with Crippen LogP contribution in [0.4, 0.5) is 0 Å². The second kappa shape index (κ2) is 6.79. The van der Waals surface area contributed by atoms with Crippen LogP contribution in [0, 0.1) is 12.8 Å². The summed E-state index contributed by atoms with van der Waals surface area (Å²) in [4.78, 5) is 12.1. The van der Waals surface area contributed by atoms with Crippen molar-refractivity contribution in [3.63, 3.8) is 0 Å². The molecule has 0 unspecified atom stereocenters. The lowest BCUT2D eigenvalue weighted by atomic mass is 10.1. The summed E-state index contributed by atoms with van der Waals surface area (Å²) >= 11 is 0. The monoisotopic (exact) mass is 324 g/mol. The van der Waals surface area contributed by atoms with E-state index in [0.29, 0.717) is 30.8 Å². The Morgan fingerprint density at radius 1 is 1.27 bits per heavy atom. The van der Waals surface area contributed by atoms with Gasteiger partial charge in [-0.3, -0.25) is 4.79 Å². The molecule has 0 atom stereocenters. The third-order valence-electron chi connectivity index (χ3n) is 3.95. The fourth-order valence-corrected chi connectivity index (χ4v) is 4.11. The second-order valence-corrected chi connectivity index (χ2v) is 8.10. The highest BCUT2D eigenvalue weighted by Gasteiger charge is 2.30. The first kappa shape index (κ1) is 17.0. The van der Waals surface area contributed by atoms with Crippen LogP contribution in [0.15, 0.2) is 29.2 Å². The van der Waals surface area contributed by atoms with Gasteiger partial charge < -0.3 is 5.32 Å². The average molecular weight is 324 g/mol. The number of nitrogens with one attached hydrogen (secondary N) is 1. The van der Waals surface area contributed by atoms with E-state index in [1.165, 1.54) is 4.31 Å². The van der Waals surface area contributed by atoms with E-state index in [2.05, 4.69) is 5.32 Å². The van der Waals surface area contributed by atoms with Crippen LogP contribution in [0.3, 0.4) is 0 Å². The van der Waals surface area contributed by atoms with Gasteiger partial charge in [0.2, 0.25) is 15.9 Å². The van der Waals surface area contributed by atoms with Crippen molar-refractivity contribution >= 4 is 15.9 Å². The maximum absolute atomic E-state index is 12.6. The summed E-state index contributed by atoms with van der Waals surface area (Å²) in [5, 5.41) is 2.98. The summed E-state index contributed by atoms with van der Waals surface area (Å²) in [7, 11) is -3.43. The molecule has 0 spiro atoms. The molecular weight excluding hydrogens is 300 g/mol. The Balaban J connectivity index is 2.00. The maximum Gasteiger partial charge on any atom is 0.243 e. The predicted octanol–water partition coefficient (Wildman–Crippen LogP) is 1.92. The van der Waals surface area contributed by atoms with Crippen molar-refractivity contribution < 1.29 is 13.2 Å². The SMILES string of the molecule is Cc1cccc(S(=O)(=O)N2CCC(NC(=O)C(C)C)CC2)c1. The Hall–Kier alpha value is -1.40. The van der Waals surface area contributed by atoms with Crippen molar-refractivity contribution in [2.75, 3.05) is 13.1 Å². The number of carbonyl (C=O) groups is 1. The van der Waals surface area contributed by atoms with Gasteiger partial charge in [0, 0.05) is 25.0 Å². The molecule has 5 nitrogen and oxygen atoms in total. The van der Waals surface area contributed by atoms with Gasteiger partial charge in [-0.1, -0.05) is 26.0 Å². The van der Waals surface area contributed by atoms with Gasteiger partial charge in [0.05, 0.1) is 4.90 Å². The van der Waals surface area contributed by atoms with E-state index in [0.717, 1.165) is 5.56 Å². The van der Waals surface area contributed by atoms with E-state index in [1.807, 2.05) is 26.8 Å². The molecule has 0 aromatic heterocycles. The van der Waals surface area contributed by atoms with Crippen molar-refractivity contribution in [3.05, 3.63) is 29.8 Å². The number of carbonyl (C=O) groups excluding carboxylic acids is 1. The molecule has 22 heavy (non-hydrogen) atoms. The Morgan fingerprint density at radius 2 is 1.91 bits per heavy atom. The molecule has 0 saturated carbocycles. The zero-order chi connectivity index (χ0) is 16.3. The molecule has 1 saturated heterocycles. The molecule has 1 fully saturated rings. The van der Waals surface area contributed by atoms with E-state index in [4.69, 9.17) is 0 Å². The zero-order valence-electron chi connectivity index (χ0n) is 13.4. The van der Waals surface area contributed by atoms with Crippen molar-refractivity contribution in [2.24, 2.45) is 5.92 Å². The van der Waals surface area contributed by atoms with Crippen LogP contribution in [0.5, 0.6) is 0 Å². The molecule has 1 amide bonds. The van der Waals surface area contributed by atoms with E-state index in [1.54, 1.807) is 18.2 Å². The highest BCUT2D eigenvalue weighted by molar-refractivity contribution is 7.89. The fraction of sp³-hybridized carbons (Fsp3) is 0.562. The molecule has 1 aromatic carbocycles. The maximum atomic E-state index is 12.6. The van der Waals surface area contributed by atoms with Crippen molar-refractivity contribution in [1.29, 1.82) is 0 Å². The second-order valence-electron chi connectivity index (χ2n) is 6.16. The number of aryl methyl sites for hydroxylation is 1. The normalized spacial score (nSPS) is 17.6. The Kier molecular flexibility index (Phi) is 5.24. The first-order valence-corrected chi connectivity index (χ1v) is 9.12. The lowest BCUT2D eigenvalue weighted by Crippen LogP contribution is -2.47. The fourth-order valence-electron chi connectivity index (χ4n) is 2.53. The number of rotatable bonds is 4. The van der Waals surface area contributed by atoms with Gasteiger partial charge in [0.25, 0.3) is 0 Å². The Bertz CT molecular complexity index is 633. The molecular formula is C16H24N2O3S. The van der Waals surface area contributed by atoms with Crippen LogP contribution in [0.25, 0.3) is 0 Å². The minimum atomic E-state index is -3.43. The Morgan fingerprint density at radius 3 is 2.45 bits per heavy atom. The summed E-state index contributed by atoms with van der Waals surface area (Å²) in [6.07, 6.45) is 1.31. The highest BCUT2D eigenvalue weighted by Crippen LogP contribution is 2.21. The van der Waals surface area contributed by atoms with Crippen LogP contribution >= 0.6 is 0 Å². The van der Waals surface area contributed by atoms with Gasteiger partial charge in [-0.25, -0.2) is 8.42 Å². The molecule has 2 rings (SSSR count). The van der Waals surface area contributed by atoms with Crippen LogP contribution in [0.2, 0.25) is 0 Å². The van der Waals surface area contributed by atoms with Gasteiger partial charge in [-0.05, 0) is 37.5 Å². The van der Waals surface area contributed by atoms with Crippen molar-refractivity contribution in [1.82, 2.24) is 9.62 Å². The minimum absolute atomic E-state index is 0.0278. The topological polar surface area (TPSA) is 66.5 Å². The number of sulfonamides is 1. The zero-order valence-corrected chi connectivity index (χ0v) is 14.2. The molecule has 1 N–H and O–H groups in total. The average Bonchev–Trinajstić information content (AvgIpc) is 2.47. The number of hydrogen-bond donors (Lipinski definition) is 1. The number of amides is 1. The van der Waals surface area contributed by atoms with Crippen LogP contribution in [0.1, 0.15) is 32.3 Å². The summed E-state index contributed by atoms with van der Waals surface area (Å²) in [5.41, 5.74) is 0.931. The predicted molar refractivity (Wildman–Crippen MR) is 85.9 cm³/mol. The van der Waals surface area contributed by atoms with Crippen molar-refractivity contribution in [3.8, 4) is 0 Å². The molecule has 1 aromatic rings. The number of hydrogen-bond acceptors (Lipinski definition) is 3. The van der Waals surface area contributed by atoms with E-state index < -0.39 is 10.0 Å². The largest absolute Gasteiger partial charge is 0.353 e. The quantitative estimate of drug-likeness (QED) is 0.920. The lowest BCUT2D eigenvalue weighted by Gasteiger charge is -2.32. The summed E-state index contributed by atoms with van der Waals surface area (Å²) in [6.45, 7) is 6.48. The molecule has 1 aliphatic rings. The summed E-state index contributed by atoms with van der Waals surface area (Å²) < 4.78 is 26.7. The summed E-state index contributed by atoms with van der Waals surface area (Å²) in [6, 6.07) is 7.04. The molecule has 1 heterocycles. The highest BCUT2D eigenvalue weighted by atomic mass is 32.2. The first-order chi connectivity index (χ1) is 10.3. The van der Waals surface area contributed by atoms with Gasteiger partial charge in [-0.2, -0.15) is 4.31 Å². The smallest absolute Gasteiger partial charge is 0.243 e. The number of piperidine rings is 1. The van der Waals surface area contributed by atoms with E-state index >= 15 is 0 Å². The Labute approximate surface area is 132 Å². The third kappa shape index (κ3) is 3.87. The molecule has 0 radical (unpaired) electrons. The van der Waals surface area contributed by atoms with Gasteiger partial charge in [0.1, 0.15) is 0 Å². The van der Waals surface area contributed by atoms with E-state index in [-0.39, 0.29) is 17.9 Å². The standard InChI is InChI=1S/C16H24N2O3S/c1-12(2)16(19)17-14-7-9-18(10-8-14)22(20,21)15-6-4-5-13(3)11-15/h4-6,11-12,14H,7-10H2,1-3H3,(H,17,19). The van der Waals surface area contributed by atoms with Crippen LogP contribution < -0.4 is 5.32 Å². The van der Waals surface area contributed by atoms with Gasteiger partial charge in [-0.15, -0.1) is 0 Å². The number of benzene rings is 1. The van der Waals surface area contributed by atoms with Crippen LogP contribution in [-0.2, 0) is 14.8 Å². The molecule has 0 bridgehead atoms. The van der Waals surface area contributed by atoms with Gasteiger partial charge in [0.15, 0.2) is 0 Å². The molecule has 122 valence electrons. The molecule has 0 aliphatic carbocycles. The summed E-state index contributed by atoms with van der Waals surface area (Å²) in [5.74, 6) is -0.0194. The van der Waals surface area contributed by atoms with Crippen molar-refractivity contribution in [2.45, 2.75) is 44.6 Å².